The number of rotatable bonds is 13. The Hall–Kier alpha value is -2.38. The molecule has 0 amide bonds. The van der Waals surface area contributed by atoms with Gasteiger partial charge in [-0.05, 0) is 48.9 Å². The summed E-state index contributed by atoms with van der Waals surface area (Å²) in [6.07, 6.45) is 1.93. The first-order valence-corrected chi connectivity index (χ1v) is 12.8. The van der Waals surface area contributed by atoms with Crippen LogP contribution in [0.4, 0.5) is 0 Å². The number of ether oxygens (including phenoxy) is 2. The van der Waals surface area contributed by atoms with E-state index in [-0.39, 0.29) is 0 Å². The van der Waals surface area contributed by atoms with Gasteiger partial charge in [0.2, 0.25) is 5.88 Å². The van der Waals surface area contributed by atoms with Gasteiger partial charge in [0, 0.05) is 43.9 Å². The minimum Gasteiger partial charge on any atom is -0.439 e. The first kappa shape index (κ1) is 25.7. The number of aliphatic hydroxyl groups excluding tert-OH is 1. The Kier molecular flexibility index (Phi) is 8.84. The molecule has 188 valence electrons. The first-order chi connectivity index (χ1) is 16.9. The molecule has 7 heteroatoms. The Bertz CT molecular complexity index is 1070. The smallest absolute Gasteiger partial charge is 0.222 e. The zero-order valence-electron chi connectivity index (χ0n) is 20.9. The molecular weight excluding hydrogens is 462 g/mol. The van der Waals surface area contributed by atoms with E-state index >= 15 is 0 Å². The fourth-order valence-corrected chi connectivity index (χ4v) is 4.27. The van der Waals surface area contributed by atoms with Gasteiger partial charge >= 0.3 is 0 Å². The second-order valence-electron chi connectivity index (χ2n) is 9.90. The van der Waals surface area contributed by atoms with E-state index in [0.717, 1.165) is 23.4 Å². The highest BCUT2D eigenvalue weighted by molar-refractivity contribution is 6.30. The summed E-state index contributed by atoms with van der Waals surface area (Å²) in [4.78, 5) is 2.32. The highest BCUT2D eigenvalue weighted by atomic mass is 35.5. The number of benzene rings is 2. The summed E-state index contributed by atoms with van der Waals surface area (Å²) >= 11 is 6.07. The third-order valence-electron chi connectivity index (χ3n) is 5.99. The fourth-order valence-electron chi connectivity index (χ4n) is 4.15. The molecule has 1 fully saturated rings. The third kappa shape index (κ3) is 7.55. The quantitative estimate of drug-likeness (QED) is 0.324. The standard InChI is InChI=1S/C28H36ClN3O3/c1-20(2)18-34-19-24(33)16-32(15-21-9-10-21)17-26-27(22-7-5-4-6-8-22)30-31(3)28(26)35-25-13-11-23(29)12-14-25/h4-8,11-14,20-21,24,33H,9-10,15-19H2,1-3H3. The van der Waals surface area contributed by atoms with Crippen LogP contribution in [0, 0.1) is 11.8 Å². The predicted octanol–water partition coefficient (Wildman–Crippen LogP) is 5.78. The van der Waals surface area contributed by atoms with E-state index in [1.165, 1.54) is 12.8 Å². The van der Waals surface area contributed by atoms with Crippen molar-refractivity contribution in [2.75, 3.05) is 26.3 Å². The lowest BCUT2D eigenvalue weighted by Gasteiger charge is -2.26. The summed E-state index contributed by atoms with van der Waals surface area (Å²) in [6.45, 7) is 7.32. The van der Waals surface area contributed by atoms with Crippen LogP contribution >= 0.6 is 11.6 Å². The van der Waals surface area contributed by atoms with Crippen LogP contribution in [0.5, 0.6) is 11.6 Å². The monoisotopic (exact) mass is 497 g/mol. The van der Waals surface area contributed by atoms with Gasteiger partial charge in [-0.2, -0.15) is 5.10 Å². The van der Waals surface area contributed by atoms with Gasteiger partial charge in [-0.1, -0.05) is 55.8 Å². The number of halogens is 1. The highest BCUT2D eigenvalue weighted by Crippen LogP contribution is 2.36. The van der Waals surface area contributed by atoms with Crippen LogP contribution in [0.25, 0.3) is 11.3 Å². The van der Waals surface area contributed by atoms with Crippen LogP contribution in [0.2, 0.25) is 5.02 Å². The average Bonchev–Trinajstić information content (AvgIpc) is 3.60. The average molecular weight is 498 g/mol. The molecule has 0 aliphatic heterocycles. The van der Waals surface area contributed by atoms with E-state index in [9.17, 15) is 5.11 Å². The van der Waals surface area contributed by atoms with E-state index in [4.69, 9.17) is 26.2 Å². The zero-order chi connectivity index (χ0) is 24.8. The zero-order valence-corrected chi connectivity index (χ0v) is 21.6. The molecule has 1 heterocycles. The van der Waals surface area contributed by atoms with Gasteiger partial charge in [0.1, 0.15) is 11.4 Å². The second-order valence-corrected chi connectivity index (χ2v) is 10.3. The summed E-state index contributed by atoms with van der Waals surface area (Å²) in [5.74, 6) is 2.52. The van der Waals surface area contributed by atoms with Crippen molar-refractivity contribution in [3.63, 3.8) is 0 Å². The van der Waals surface area contributed by atoms with Crippen LogP contribution in [0.1, 0.15) is 32.3 Å². The van der Waals surface area contributed by atoms with Gasteiger partial charge in [-0.15, -0.1) is 0 Å². The van der Waals surface area contributed by atoms with Crippen molar-refractivity contribution in [2.45, 2.75) is 39.3 Å². The number of nitrogens with zero attached hydrogens (tertiary/aromatic N) is 3. The number of aliphatic hydroxyl groups is 1. The normalized spacial score (nSPS) is 14.6. The molecule has 0 saturated heterocycles. The lowest BCUT2D eigenvalue weighted by molar-refractivity contribution is 0.00613. The number of aryl methyl sites for hydroxylation is 1. The summed E-state index contributed by atoms with van der Waals surface area (Å²) < 4.78 is 13.8. The molecule has 1 unspecified atom stereocenters. The molecule has 1 atom stereocenters. The van der Waals surface area contributed by atoms with Crippen LogP contribution < -0.4 is 4.74 Å². The number of hydrogen-bond acceptors (Lipinski definition) is 5. The van der Waals surface area contributed by atoms with Crippen molar-refractivity contribution < 1.29 is 14.6 Å². The van der Waals surface area contributed by atoms with Crippen molar-refractivity contribution in [1.29, 1.82) is 0 Å². The maximum absolute atomic E-state index is 10.7. The van der Waals surface area contributed by atoms with Crippen molar-refractivity contribution in [1.82, 2.24) is 14.7 Å². The minimum absolute atomic E-state index is 0.339. The Morgan fingerprint density at radius 3 is 2.46 bits per heavy atom. The van der Waals surface area contributed by atoms with E-state index in [1.807, 2.05) is 49.5 Å². The molecule has 6 nitrogen and oxygen atoms in total. The van der Waals surface area contributed by atoms with Crippen molar-refractivity contribution in [3.05, 3.63) is 65.2 Å². The minimum atomic E-state index is -0.551. The van der Waals surface area contributed by atoms with Gasteiger partial charge in [-0.3, -0.25) is 4.90 Å². The maximum Gasteiger partial charge on any atom is 0.222 e. The van der Waals surface area contributed by atoms with Crippen LogP contribution in [-0.4, -0.2) is 52.2 Å². The molecule has 1 aliphatic rings. The Morgan fingerprint density at radius 2 is 1.80 bits per heavy atom. The van der Waals surface area contributed by atoms with E-state index in [1.54, 1.807) is 4.68 Å². The van der Waals surface area contributed by atoms with Gasteiger partial charge in [0.25, 0.3) is 0 Å². The molecule has 0 radical (unpaired) electrons. The lowest BCUT2D eigenvalue weighted by Crippen LogP contribution is -2.36. The molecule has 4 rings (SSSR count). The Balaban J connectivity index is 1.60. The summed E-state index contributed by atoms with van der Waals surface area (Å²) in [5.41, 5.74) is 2.93. The number of hydrogen-bond donors (Lipinski definition) is 1. The second kappa shape index (κ2) is 12.0. The molecule has 1 saturated carbocycles. The third-order valence-corrected chi connectivity index (χ3v) is 6.24. The summed E-state index contributed by atoms with van der Waals surface area (Å²) in [6, 6.07) is 17.5. The SMILES string of the molecule is CC(C)COCC(O)CN(Cc1c(-c2ccccc2)nn(C)c1Oc1ccc(Cl)cc1)CC1CC1. The van der Waals surface area contributed by atoms with Gasteiger partial charge in [0.15, 0.2) is 0 Å². The molecule has 35 heavy (non-hydrogen) atoms. The van der Waals surface area contributed by atoms with E-state index in [2.05, 4.69) is 30.9 Å². The summed E-state index contributed by atoms with van der Waals surface area (Å²) in [7, 11) is 1.90. The van der Waals surface area contributed by atoms with Crippen molar-refractivity contribution in [3.8, 4) is 22.9 Å². The fraction of sp³-hybridized carbons (Fsp3) is 0.464. The van der Waals surface area contributed by atoms with Crippen molar-refractivity contribution >= 4 is 11.6 Å². The lowest BCUT2D eigenvalue weighted by atomic mass is 10.1. The van der Waals surface area contributed by atoms with E-state index < -0.39 is 6.10 Å². The van der Waals surface area contributed by atoms with Crippen LogP contribution in [-0.2, 0) is 18.3 Å². The maximum atomic E-state index is 10.7. The molecule has 1 N–H and O–H groups in total. The highest BCUT2D eigenvalue weighted by Gasteiger charge is 2.28. The molecule has 2 aromatic carbocycles. The van der Waals surface area contributed by atoms with Gasteiger partial charge in [-0.25, -0.2) is 4.68 Å². The summed E-state index contributed by atoms with van der Waals surface area (Å²) in [5, 5.41) is 16.2. The van der Waals surface area contributed by atoms with Gasteiger partial charge < -0.3 is 14.6 Å². The van der Waals surface area contributed by atoms with Gasteiger partial charge in [0.05, 0.1) is 18.3 Å². The largest absolute Gasteiger partial charge is 0.439 e. The topological polar surface area (TPSA) is 59.8 Å². The van der Waals surface area contributed by atoms with E-state index in [0.29, 0.717) is 54.8 Å². The van der Waals surface area contributed by atoms with Crippen LogP contribution in [0.15, 0.2) is 54.6 Å². The molecule has 1 aromatic heterocycles. The Morgan fingerprint density at radius 1 is 1.09 bits per heavy atom. The molecule has 1 aliphatic carbocycles. The number of aromatic nitrogens is 2. The molecule has 3 aromatic rings. The molecular formula is C28H36ClN3O3. The predicted molar refractivity (Wildman–Crippen MR) is 140 cm³/mol. The molecule has 0 bridgehead atoms. The molecule has 0 spiro atoms. The first-order valence-electron chi connectivity index (χ1n) is 12.4. The van der Waals surface area contributed by atoms with Crippen molar-refractivity contribution in [2.24, 2.45) is 18.9 Å². The van der Waals surface area contributed by atoms with Crippen LogP contribution in [0.3, 0.4) is 0 Å². The Labute approximate surface area is 213 Å².